The lowest BCUT2D eigenvalue weighted by Gasteiger charge is -2.23. The molecule has 5 nitrogen and oxygen atoms in total. The zero-order valence-corrected chi connectivity index (χ0v) is 11.0. The Morgan fingerprint density at radius 2 is 1.95 bits per heavy atom. The first-order valence-corrected chi connectivity index (χ1v) is 6.64. The molecule has 0 spiro atoms. The van der Waals surface area contributed by atoms with Crippen molar-refractivity contribution in [3.05, 3.63) is 11.6 Å². The van der Waals surface area contributed by atoms with Gasteiger partial charge in [0.25, 0.3) is 0 Å². The predicted molar refractivity (Wildman–Crippen MR) is 64.8 cm³/mol. The quantitative estimate of drug-likeness (QED) is 0.920. The molecule has 112 valence electrons. The molecule has 0 atom stereocenters. The van der Waals surface area contributed by atoms with Crippen LogP contribution in [0.2, 0.25) is 0 Å². The van der Waals surface area contributed by atoms with E-state index >= 15 is 0 Å². The Labute approximate surface area is 114 Å². The third-order valence-electron chi connectivity index (χ3n) is 3.36. The largest absolute Gasteiger partial charge is 0.396 e. The zero-order valence-electron chi connectivity index (χ0n) is 11.0. The summed E-state index contributed by atoms with van der Waals surface area (Å²) in [5, 5.41) is 4.06. The van der Waals surface area contributed by atoms with Gasteiger partial charge >= 0.3 is 6.18 Å². The maximum Gasteiger partial charge on any atom is 0.396 e. The van der Waals surface area contributed by atoms with E-state index in [1.807, 2.05) is 0 Å². The van der Waals surface area contributed by atoms with Gasteiger partial charge in [-0.05, 0) is 12.8 Å². The van der Waals surface area contributed by atoms with E-state index in [2.05, 4.69) is 10.1 Å². The van der Waals surface area contributed by atoms with Crippen molar-refractivity contribution in [2.24, 2.45) is 5.73 Å². The average molecular weight is 290 g/mol. The Bertz CT molecular complexity index is 478. The third kappa shape index (κ3) is 3.94. The summed E-state index contributed by atoms with van der Waals surface area (Å²) in [4.78, 5) is 14.7. The van der Waals surface area contributed by atoms with Crippen molar-refractivity contribution in [1.29, 1.82) is 0 Å². The average Bonchev–Trinajstić information content (AvgIpc) is 2.69. The van der Waals surface area contributed by atoms with Crippen molar-refractivity contribution in [2.45, 2.75) is 57.2 Å². The molecule has 1 aliphatic carbocycles. The highest BCUT2D eigenvalue weighted by atomic mass is 19.4. The van der Waals surface area contributed by atoms with Crippen molar-refractivity contribution in [1.82, 2.24) is 14.8 Å². The summed E-state index contributed by atoms with van der Waals surface area (Å²) in [5.41, 5.74) is 5.04. The van der Waals surface area contributed by atoms with Crippen molar-refractivity contribution in [3.8, 4) is 0 Å². The second kappa shape index (κ2) is 5.80. The lowest BCUT2D eigenvalue weighted by molar-refractivity contribution is -0.129. The molecular formula is C12H17F3N4O. The zero-order chi connectivity index (χ0) is 14.8. The van der Waals surface area contributed by atoms with Crippen LogP contribution in [0.15, 0.2) is 0 Å². The maximum absolute atomic E-state index is 12.6. The Kier molecular flexibility index (Phi) is 4.29. The first-order valence-electron chi connectivity index (χ1n) is 6.64. The second-order valence-electron chi connectivity index (χ2n) is 5.12. The number of nitrogens with two attached hydrogens (primary N) is 1. The van der Waals surface area contributed by atoms with Crippen LogP contribution in [-0.2, 0) is 17.6 Å². The van der Waals surface area contributed by atoms with Gasteiger partial charge in [0.2, 0.25) is 5.91 Å². The molecular weight excluding hydrogens is 273 g/mol. The number of carbonyl (C=O) groups is 1. The molecule has 0 aliphatic heterocycles. The first-order chi connectivity index (χ1) is 9.35. The van der Waals surface area contributed by atoms with Gasteiger partial charge in [0.05, 0.1) is 12.5 Å². The predicted octanol–water partition coefficient (Wildman–Crippen LogP) is 1.92. The number of rotatable bonds is 4. The second-order valence-corrected chi connectivity index (χ2v) is 5.12. The molecule has 1 aliphatic rings. The van der Waals surface area contributed by atoms with Gasteiger partial charge in [-0.15, -0.1) is 0 Å². The summed E-state index contributed by atoms with van der Waals surface area (Å²) >= 11 is 0. The van der Waals surface area contributed by atoms with Crippen molar-refractivity contribution >= 4 is 5.91 Å². The summed E-state index contributed by atoms with van der Waals surface area (Å²) in [6, 6.07) is -0.0600. The van der Waals surface area contributed by atoms with Crippen LogP contribution in [0, 0.1) is 0 Å². The van der Waals surface area contributed by atoms with Crippen LogP contribution in [-0.4, -0.2) is 26.8 Å². The summed E-state index contributed by atoms with van der Waals surface area (Å²) in [6.07, 6.45) is -1.08. The molecule has 2 rings (SSSR count). The van der Waals surface area contributed by atoms with Crippen LogP contribution in [0.4, 0.5) is 13.2 Å². The van der Waals surface area contributed by atoms with Gasteiger partial charge in [0.15, 0.2) is 5.82 Å². The molecule has 1 aromatic heterocycles. The minimum Gasteiger partial charge on any atom is -0.369 e. The number of alkyl halides is 3. The van der Waals surface area contributed by atoms with Gasteiger partial charge in [-0.1, -0.05) is 19.3 Å². The topological polar surface area (TPSA) is 73.8 Å². The lowest BCUT2D eigenvalue weighted by Crippen LogP contribution is -2.21. The van der Waals surface area contributed by atoms with Gasteiger partial charge in [0, 0.05) is 0 Å². The van der Waals surface area contributed by atoms with Crippen molar-refractivity contribution < 1.29 is 18.0 Å². The van der Waals surface area contributed by atoms with Gasteiger partial charge in [0.1, 0.15) is 12.2 Å². The first kappa shape index (κ1) is 14.8. The summed E-state index contributed by atoms with van der Waals surface area (Å²) in [7, 11) is 0. The molecule has 2 N–H and O–H groups in total. The van der Waals surface area contributed by atoms with E-state index in [0.717, 1.165) is 32.1 Å². The molecule has 1 heterocycles. The van der Waals surface area contributed by atoms with Gasteiger partial charge < -0.3 is 5.73 Å². The maximum atomic E-state index is 12.6. The van der Waals surface area contributed by atoms with Crippen LogP contribution in [0.3, 0.4) is 0 Å². The monoisotopic (exact) mass is 290 g/mol. The van der Waals surface area contributed by atoms with E-state index in [1.54, 1.807) is 0 Å². The highest BCUT2D eigenvalue weighted by Gasteiger charge is 2.33. The van der Waals surface area contributed by atoms with E-state index in [1.165, 1.54) is 4.68 Å². The van der Waals surface area contributed by atoms with Crippen LogP contribution >= 0.6 is 0 Å². The Hall–Kier alpha value is -1.60. The van der Waals surface area contributed by atoms with Gasteiger partial charge in [-0.25, -0.2) is 9.67 Å². The minimum absolute atomic E-state index is 0.0600. The van der Waals surface area contributed by atoms with Crippen molar-refractivity contribution in [2.75, 3.05) is 0 Å². The highest BCUT2D eigenvalue weighted by molar-refractivity contribution is 5.75. The number of hydrogen-bond acceptors (Lipinski definition) is 3. The van der Waals surface area contributed by atoms with E-state index < -0.39 is 18.5 Å². The number of carbonyl (C=O) groups excluding carboxylic acids is 1. The molecule has 8 heteroatoms. The normalized spacial score (nSPS) is 17.4. The summed E-state index contributed by atoms with van der Waals surface area (Å²) in [6.45, 7) is 0. The Morgan fingerprint density at radius 1 is 1.30 bits per heavy atom. The molecule has 0 radical (unpaired) electrons. The van der Waals surface area contributed by atoms with Gasteiger partial charge in [-0.2, -0.15) is 18.3 Å². The van der Waals surface area contributed by atoms with Crippen LogP contribution in [0.5, 0.6) is 0 Å². The molecule has 20 heavy (non-hydrogen) atoms. The van der Waals surface area contributed by atoms with Crippen LogP contribution in [0.1, 0.15) is 49.8 Å². The number of amides is 1. The number of aromatic nitrogens is 3. The van der Waals surface area contributed by atoms with Gasteiger partial charge in [-0.3, -0.25) is 4.79 Å². The number of halogens is 3. The molecule has 1 amide bonds. The molecule has 1 saturated carbocycles. The lowest BCUT2D eigenvalue weighted by atomic mass is 9.95. The summed E-state index contributed by atoms with van der Waals surface area (Å²) in [5.74, 6) is -0.702. The van der Waals surface area contributed by atoms with Crippen LogP contribution < -0.4 is 5.73 Å². The molecule has 0 unspecified atom stereocenters. The molecule has 0 bridgehead atoms. The SMILES string of the molecule is NC(=O)Cc1nc(CC(F)(F)F)n(C2CCCCC2)n1. The molecule has 0 aromatic carbocycles. The number of hydrogen-bond donors (Lipinski definition) is 1. The fraction of sp³-hybridized carbons (Fsp3) is 0.750. The smallest absolute Gasteiger partial charge is 0.369 e. The minimum atomic E-state index is -4.34. The van der Waals surface area contributed by atoms with Crippen molar-refractivity contribution in [3.63, 3.8) is 0 Å². The highest BCUT2D eigenvalue weighted by Crippen LogP contribution is 2.30. The summed E-state index contributed by atoms with van der Waals surface area (Å²) < 4.78 is 39.1. The van der Waals surface area contributed by atoms with Crippen LogP contribution in [0.25, 0.3) is 0 Å². The number of primary amides is 1. The Balaban J connectivity index is 2.25. The molecule has 1 fully saturated rings. The number of nitrogens with zero attached hydrogens (tertiary/aromatic N) is 3. The van der Waals surface area contributed by atoms with E-state index in [0.29, 0.717) is 0 Å². The standard InChI is InChI=1S/C12H17F3N4O/c13-12(14,15)7-11-17-10(6-9(16)20)18-19(11)8-4-2-1-3-5-8/h8H,1-7H2,(H2,16,20). The van der Waals surface area contributed by atoms with E-state index in [-0.39, 0.29) is 24.1 Å². The molecule has 0 saturated heterocycles. The Morgan fingerprint density at radius 3 is 2.50 bits per heavy atom. The fourth-order valence-electron chi connectivity index (χ4n) is 2.55. The molecule has 1 aromatic rings. The third-order valence-corrected chi connectivity index (χ3v) is 3.36. The fourth-order valence-corrected chi connectivity index (χ4v) is 2.55. The van der Waals surface area contributed by atoms with E-state index in [9.17, 15) is 18.0 Å². The van der Waals surface area contributed by atoms with E-state index in [4.69, 9.17) is 5.73 Å².